The van der Waals surface area contributed by atoms with Crippen molar-refractivity contribution in [3.05, 3.63) is 0 Å². The first-order chi connectivity index (χ1) is 5.50. The Morgan fingerprint density at radius 2 is 2.08 bits per heavy atom. The molecule has 0 amide bonds. The van der Waals surface area contributed by atoms with Gasteiger partial charge < -0.3 is 4.74 Å². The van der Waals surface area contributed by atoms with E-state index >= 15 is 0 Å². The van der Waals surface area contributed by atoms with E-state index in [1.807, 2.05) is 0 Å². The zero-order chi connectivity index (χ0) is 9.19. The number of rotatable bonds is 0. The van der Waals surface area contributed by atoms with Crippen LogP contribution in [0.25, 0.3) is 0 Å². The predicted octanol–water partition coefficient (Wildman–Crippen LogP) is 2.38. The molecule has 0 aliphatic carbocycles. The summed E-state index contributed by atoms with van der Waals surface area (Å²) in [7, 11) is 0. The highest BCUT2D eigenvalue weighted by Gasteiger charge is 2.27. The van der Waals surface area contributed by atoms with Crippen LogP contribution in [0, 0.1) is 11.3 Å². The molecule has 12 heavy (non-hydrogen) atoms. The van der Waals surface area contributed by atoms with E-state index in [1.165, 1.54) is 0 Å². The molecule has 1 unspecified atom stereocenters. The van der Waals surface area contributed by atoms with Crippen LogP contribution in [0.5, 0.6) is 0 Å². The molecule has 0 spiro atoms. The summed E-state index contributed by atoms with van der Waals surface area (Å²) in [4.78, 5) is 10.9. The lowest BCUT2D eigenvalue weighted by Gasteiger charge is -2.28. The molecule has 1 aliphatic rings. The van der Waals surface area contributed by atoms with Crippen molar-refractivity contribution in [2.45, 2.75) is 40.0 Å². The van der Waals surface area contributed by atoms with Gasteiger partial charge in [-0.1, -0.05) is 20.8 Å². The molecule has 1 rings (SSSR count). The molecule has 70 valence electrons. The summed E-state index contributed by atoms with van der Waals surface area (Å²) in [6.45, 7) is 7.23. The average molecular weight is 170 g/mol. The maximum atomic E-state index is 10.9. The molecule has 0 saturated carbocycles. The first-order valence-corrected chi connectivity index (χ1v) is 4.66. The average Bonchev–Trinajstić information content (AvgIpc) is 2.11. The molecule has 1 atom stereocenters. The summed E-state index contributed by atoms with van der Waals surface area (Å²) in [6.07, 6.45) is 2.71. The van der Waals surface area contributed by atoms with E-state index in [1.54, 1.807) is 0 Å². The van der Waals surface area contributed by atoms with Crippen LogP contribution < -0.4 is 0 Å². The van der Waals surface area contributed by atoms with Gasteiger partial charge in [-0.2, -0.15) is 0 Å². The number of carbonyl (C=O) groups excluding carboxylic acids is 1. The zero-order valence-corrected chi connectivity index (χ0v) is 8.22. The van der Waals surface area contributed by atoms with E-state index in [9.17, 15) is 4.79 Å². The van der Waals surface area contributed by atoms with Crippen LogP contribution in [0.15, 0.2) is 0 Å². The molecule has 0 aromatic carbocycles. The molecule has 1 aliphatic heterocycles. The van der Waals surface area contributed by atoms with E-state index in [0.717, 1.165) is 12.8 Å². The SMILES string of the molecule is CC(C)(C)C1CCCC(=O)OC1. The summed E-state index contributed by atoms with van der Waals surface area (Å²) in [5, 5.41) is 0. The fraction of sp³-hybridized carbons (Fsp3) is 0.900. The molecule has 0 bridgehead atoms. The van der Waals surface area contributed by atoms with E-state index in [4.69, 9.17) is 4.74 Å². The molecular weight excluding hydrogens is 152 g/mol. The van der Waals surface area contributed by atoms with E-state index < -0.39 is 0 Å². The molecule has 0 N–H and O–H groups in total. The fourth-order valence-electron chi connectivity index (χ4n) is 1.52. The monoisotopic (exact) mass is 170 g/mol. The molecule has 2 nitrogen and oxygen atoms in total. The summed E-state index contributed by atoms with van der Waals surface area (Å²) in [5.41, 5.74) is 0.268. The smallest absolute Gasteiger partial charge is 0.305 e. The van der Waals surface area contributed by atoms with Gasteiger partial charge in [0, 0.05) is 6.42 Å². The lowest BCUT2D eigenvalue weighted by Crippen LogP contribution is -2.24. The predicted molar refractivity (Wildman–Crippen MR) is 47.8 cm³/mol. The Morgan fingerprint density at radius 1 is 1.42 bits per heavy atom. The van der Waals surface area contributed by atoms with Crippen LogP contribution >= 0.6 is 0 Å². The maximum absolute atomic E-state index is 10.9. The highest BCUT2D eigenvalue weighted by atomic mass is 16.5. The lowest BCUT2D eigenvalue weighted by molar-refractivity contribution is -0.144. The third-order valence-electron chi connectivity index (χ3n) is 2.60. The van der Waals surface area contributed by atoms with Crippen LogP contribution in [0.4, 0.5) is 0 Å². The Bertz CT molecular complexity index is 167. The minimum absolute atomic E-state index is 0.0262. The highest BCUT2D eigenvalue weighted by Crippen LogP contribution is 2.31. The number of hydrogen-bond donors (Lipinski definition) is 0. The molecule has 0 aromatic heterocycles. The lowest BCUT2D eigenvalue weighted by atomic mass is 9.79. The first kappa shape index (κ1) is 9.56. The Hall–Kier alpha value is -0.530. The van der Waals surface area contributed by atoms with Gasteiger partial charge in [-0.15, -0.1) is 0 Å². The number of cyclic esters (lactones) is 1. The Labute approximate surface area is 74.3 Å². The Balaban J connectivity index is 2.52. The van der Waals surface area contributed by atoms with E-state index in [0.29, 0.717) is 18.9 Å². The summed E-state index contributed by atoms with van der Waals surface area (Å²) in [5.74, 6) is 0.505. The molecule has 1 saturated heterocycles. The molecule has 1 heterocycles. The first-order valence-electron chi connectivity index (χ1n) is 4.66. The van der Waals surface area contributed by atoms with Crippen LogP contribution in [0.2, 0.25) is 0 Å². The summed E-state index contributed by atoms with van der Waals surface area (Å²) < 4.78 is 5.10. The minimum Gasteiger partial charge on any atom is -0.465 e. The quantitative estimate of drug-likeness (QED) is 0.522. The maximum Gasteiger partial charge on any atom is 0.305 e. The van der Waals surface area contributed by atoms with Crippen LogP contribution in [-0.4, -0.2) is 12.6 Å². The molecule has 1 fully saturated rings. The van der Waals surface area contributed by atoms with Crippen LogP contribution in [0.3, 0.4) is 0 Å². The van der Waals surface area contributed by atoms with Gasteiger partial charge in [0.05, 0.1) is 6.61 Å². The fourth-order valence-corrected chi connectivity index (χ4v) is 1.52. The molecule has 2 heteroatoms. The van der Waals surface area contributed by atoms with Crippen molar-refractivity contribution in [3.63, 3.8) is 0 Å². The number of ether oxygens (including phenoxy) is 1. The van der Waals surface area contributed by atoms with Crippen molar-refractivity contribution in [1.82, 2.24) is 0 Å². The second-order valence-corrected chi connectivity index (χ2v) is 4.64. The van der Waals surface area contributed by atoms with Crippen molar-refractivity contribution in [3.8, 4) is 0 Å². The summed E-state index contributed by atoms with van der Waals surface area (Å²) in [6, 6.07) is 0. The van der Waals surface area contributed by atoms with Gasteiger partial charge >= 0.3 is 5.97 Å². The van der Waals surface area contributed by atoms with Gasteiger partial charge in [-0.05, 0) is 24.2 Å². The Kier molecular flexibility index (Phi) is 2.76. The van der Waals surface area contributed by atoms with Gasteiger partial charge in [0.2, 0.25) is 0 Å². The number of hydrogen-bond acceptors (Lipinski definition) is 2. The van der Waals surface area contributed by atoms with Crippen LogP contribution in [0.1, 0.15) is 40.0 Å². The number of carbonyl (C=O) groups is 1. The second kappa shape index (κ2) is 3.46. The molecule has 0 aromatic rings. The van der Waals surface area contributed by atoms with E-state index in [-0.39, 0.29) is 11.4 Å². The van der Waals surface area contributed by atoms with Crippen molar-refractivity contribution >= 4 is 5.97 Å². The topological polar surface area (TPSA) is 26.3 Å². The third-order valence-corrected chi connectivity index (χ3v) is 2.60. The third kappa shape index (κ3) is 2.50. The normalized spacial score (nSPS) is 26.2. The van der Waals surface area contributed by atoms with Crippen molar-refractivity contribution in [2.24, 2.45) is 11.3 Å². The Morgan fingerprint density at radius 3 is 2.67 bits per heavy atom. The van der Waals surface area contributed by atoms with Gasteiger partial charge in [0.15, 0.2) is 0 Å². The zero-order valence-electron chi connectivity index (χ0n) is 8.22. The standard InChI is InChI=1S/C10H18O2/c1-10(2,3)8-5-4-6-9(11)12-7-8/h8H,4-7H2,1-3H3. The van der Waals surface area contributed by atoms with Crippen molar-refractivity contribution < 1.29 is 9.53 Å². The van der Waals surface area contributed by atoms with Crippen LogP contribution in [-0.2, 0) is 9.53 Å². The van der Waals surface area contributed by atoms with Gasteiger partial charge in [0.1, 0.15) is 0 Å². The highest BCUT2D eigenvalue weighted by molar-refractivity contribution is 5.69. The van der Waals surface area contributed by atoms with Gasteiger partial charge in [-0.25, -0.2) is 0 Å². The molecular formula is C10H18O2. The molecule has 0 radical (unpaired) electrons. The van der Waals surface area contributed by atoms with Crippen molar-refractivity contribution in [1.29, 1.82) is 0 Å². The van der Waals surface area contributed by atoms with Crippen molar-refractivity contribution in [2.75, 3.05) is 6.61 Å². The summed E-state index contributed by atoms with van der Waals surface area (Å²) >= 11 is 0. The largest absolute Gasteiger partial charge is 0.465 e. The van der Waals surface area contributed by atoms with E-state index in [2.05, 4.69) is 20.8 Å². The number of esters is 1. The minimum atomic E-state index is -0.0262. The van der Waals surface area contributed by atoms with Gasteiger partial charge in [-0.3, -0.25) is 4.79 Å². The van der Waals surface area contributed by atoms with Gasteiger partial charge in [0.25, 0.3) is 0 Å². The second-order valence-electron chi connectivity index (χ2n) is 4.64.